The first-order chi connectivity index (χ1) is 9.02. The minimum atomic E-state index is 0.587. The Morgan fingerprint density at radius 2 is 1.89 bits per heavy atom. The van der Waals surface area contributed by atoms with Crippen LogP contribution in [0.15, 0.2) is 18.2 Å². The Balaban J connectivity index is 2.61. The van der Waals surface area contributed by atoms with Gasteiger partial charge in [0.15, 0.2) is 0 Å². The van der Waals surface area contributed by atoms with Crippen molar-refractivity contribution >= 4 is 0 Å². The van der Waals surface area contributed by atoms with E-state index in [4.69, 9.17) is 0 Å². The fraction of sp³-hybridized carbons (Fsp3) is 0.647. The molecule has 2 heteroatoms. The lowest BCUT2D eigenvalue weighted by Crippen LogP contribution is -2.34. The quantitative estimate of drug-likeness (QED) is 0.774. The Kier molecular flexibility index (Phi) is 7.11. The van der Waals surface area contributed by atoms with E-state index in [0.29, 0.717) is 6.04 Å². The number of nitrogens with zero attached hydrogens (tertiary/aromatic N) is 1. The van der Waals surface area contributed by atoms with E-state index < -0.39 is 0 Å². The van der Waals surface area contributed by atoms with E-state index in [-0.39, 0.29) is 0 Å². The minimum Gasteiger partial charge on any atom is -0.314 e. The van der Waals surface area contributed by atoms with Crippen LogP contribution >= 0.6 is 0 Å². The van der Waals surface area contributed by atoms with Crippen molar-refractivity contribution < 1.29 is 0 Å². The Morgan fingerprint density at radius 3 is 2.47 bits per heavy atom. The predicted molar refractivity (Wildman–Crippen MR) is 84.9 cm³/mol. The molecule has 0 radical (unpaired) electrons. The molecule has 1 rings (SSSR count). The van der Waals surface area contributed by atoms with Gasteiger partial charge in [-0.3, -0.25) is 0 Å². The van der Waals surface area contributed by atoms with E-state index in [1.165, 1.54) is 29.5 Å². The number of aryl methyl sites for hydroxylation is 2. The highest BCUT2D eigenvalue weighted by Gasteiger charge is 2.09. The van der Waals surface area contributed by atoms with Gasteiger partial charge in [0.2, 0.25) is 0 Å². The van der Waals surface area contributed by atoms with Gasteiger partial charge in [-0.05, 0) is 77.0 Å². The Labute approximate surface area is 119 Å². The fourth-order valence-corrected chi connectivity index (χ4v) is 2.25. The van der Waals surface area contributed by atoms with E-state index in [9.17, 15) is 0 Å². The molecule has 1 atom stereocenters. The third kappa shape index (κ3) is 6.22. The van der Waals surface area contributed by atoms with Gasteiger partial charge in [0.05, 0.1) is 0 Å². The number of hydrogen-bond acceptors (Lipinski definition) is 2. The van der Waals surface area contributed by atoms with Gasteiger partial charge in [-0.1, -0.05) is 25.1 Å². The molecule has 0 heterocycles. The molecule has 0 aliphatic carbocycles. The van der Waals surface area contributed by atoms with Crippen LogP contribution in [0.25, 0.3) is 0 Å². The summed E-state index contributed by atoms with van der Waals surface area (Å²) in [7, 11) is 4.29. The van der Waals surface area contributed by atoms with Crippen LogP contribution in [0.2, 0.25) is 0 Å². The Morgan fingerprint density at radius 1 is 1.16 bits per heavy atom. The van der Waals surface area contributed by atoms with Gasteiger partial charge in [0.25, 0.3) is 0 Å². The van der Waals surface area contributed by atoms with Crippen molar-refractivity contribution in [2.24, 2.45) is 0 Å². The molecule has 0 saturated carbocycles. The first-order valence-electron chi connectivity index (χ1n) is 7.47. The largest absolute Gasteiger partial charge is 0.314 e. The van der Waals surface area contributed by atoms with Crippen molar-refractivity contribution in [1.29, 1.82) is 0 Å². The standard InChI is InChI=1S/C17H30N2/c1-6-10-18-17(9-11-19(4)5)13-16-8-7-14(2)15(3)12-16/h7-8,12,17-18H,6,9-11,13H2,1-5H3. The van der Waals surface area contributed by atoms with Crippen molar-refractivity contribution in [2.75, 3.05) is 27.2 Å². The maximum Gasteiger partial charge on any atom is 0.0120 e. The second-order valence-electron chi connectivity index (χ2n) is 5.87. The second-order valence-corrected chi connectivity index (χ2v) is 5.87. The maximum absolute atomic E-state index is 3.68. The monoisotopic (exact) mass is 262 g/mol. The predicted octanol–water partition coefficient (Wildman–Crippen LogP) is 3.17. The van der Waals surface area contributed by atoms with E-state index in [0.717, 1.165) is 19.5 Å². The summed E-state index contributed by atoms with van der Waals surface area (Å²) >= 11 is 0. The number of hydrogen-bond donors (Lipinski definition) is 1. The van der Waals surface area contributed by atoms with Gasteiger partial charge in [0, 0.05) is 6.04 Å². The highest BCUT2D eigenvalue weighted by Crippen LogP contribution is 2.13. The summed E-state index contributed by atoms with van der Waals surface area (Å²) in [5, 5.41) is 3.68. The molecule has 1 aromatic rings. The smallest absolute Gasteiger partial charge is 0.0120 e. The molecule has 0 amide bonds. The van der Waals surface area contributed by atoms with Crippen LogP contribution in [-0.4, -0.2) is 38.1 Å². The van der Waals surface area contributed by atoms with E-state index in [1.54, 1.807) is 0 Å². The van der Waals surface area contributed by atoms with E-state index in [1.807, 2.05) is 0 Å². The van der Waals surface area contributed by atoms with Crippen LogP contribution in [0, 0.1) is 13.8 Å². The van der Waals surface area contributed by atoms with Gasteiger partial charge < -0.3 is 10.2 Å². The summed E-state index contributed by atoms with van der Waals surface area (Å²) in [4.78, 5) is 2.26. The molecular weight excluding hydrogens is 232 g/mol. The number of benzene rings is 1. The van der Waals surface area contributed by atoms with Crippen molar-refractivity contribution in [3.8, 4) is 0 Å². The minimum absolute atomic E-state index is 0.587. The van der Waals surface area contributed by atoms with Crippen LogP contribution < -0.4 is 5.32 Å². The molecule has 0 saturated heterocycles. The van der Waals surface area contributed by atoms with Gasteiger partial charge in [0.1, 0.15) is 0 Å². The summed E-state index contributed by atoms with van der Waals surface area (Å²) in [6, 6.07) is 7.45. The zero-order valence-corrected chi connectivity index (χ0v) is 13.3. The normalized spacial score (nSPS) is 12.9. The summed E-state index contributed by atoms with van der Waals surface area (Å²) in [6.07, 6.45) is 3.54. The van der Waals surface area contributed by atoms with E-state index in [2.05, 4.69) is 63.3 Å². The van der Waals surface area contributed by atoms with Crippen LogP contribution in [0.5, 0.6) is 0 Å². The molecule has 0 spiro atoms. The maximum atomic E-state index is 3.68. The second kappa shape index (κ2) is 8.34. The number of rotatable bonds is 8. The zero-order chi connectivity index (χ0) is 14.3. The van der Waals surface area contributed by atoms with Gasteiger partial charge in [-0.2, -0.15) is 0 Å². The fourth-order valence-electron chi connectivity index (χ4n) is 2.25. The molecule has 0 aromatic heterocycles. The third-order valence-electron chi connectivity index (χ3n) is 3.66. The van der Waals surface area contributed by atoms with Crippen LogP contribution in [0.1, 0.15) is 36.5 Å². The lowest BCUT2D eigenvalue weighted by molar-refractivity contribution is 0.356. The number of nitrogens with one attached hydrogen (secondary N) is 1. The van der Waals surface area contributed by atoms with E-state index >= 15 is 0 Å². The molecule has 19 heavy (non-hydrogen) atoms. The molecule has 0 fully saturated rings. The van der Waals surface area contributed by atoms with Crippen molar-refractivity contribution in [2.45, 2.75) is 46.1 Å². The summed E-state index contributed by atoms with van der Waals surface area (Å²) in [5.41, 5.74) is 4.24. The van der Waals surface area contributed by atoms with Crippen molar-refractivity contribution in [3.05, 3.63) is 34.9 Å². The lowest BCUT2D eigenvalue weighted by Gasteiger charge is -2.21. The highest BCUT2D eigenvalue weighted by atomic mass is 15.1. The van der Waals surface area contributed by atoms with Crippen molar-refractivity contribution in [3.63, 3.8) is 0 Å². The molecule has 1 N–H and O–H groups in total. The summed E-state index contributed by atoms with van der Waals surface area (Å²) in [5.74, 6) is 0. The zero-order valence-electron chi connectivity index (χ0n) is 13.3. The molecule has 0 aliphatic rings. The molecule has 2 nitrogen and oxygen atoms in total. The topological polar surface area (TPSA) is 15.3 Å². The average molecular weight is 262 g/mol. The van der Waals surface area contributed by atoms with Crippen LogP contribution in [0.4, 0.5) is 0 Å². The third-order valence-corrected chi connectivity index (χ3v) is 3.66. The average Bonchev–Trinajstić information content (AvgIpc) is 2.37. The molecule has 1 aromatic carbocycles. The summed E-state index contributed by atoms with van der Waals surface area (Å²) in [6.45, 7) is 8.87. The Bertz CT molecular complexity index is 372. The first kappa shape index (κ1) is 16.2. The Hall–Kier alpha value is -0.860. The van der Waals surface area contributed by atoms with Crippen LogP contribution in [0.3, 0.4) is 0 Å². The van der Waals surface area contributed by atoms with Gasteiger partial charge >= 0.3 is 0 Å². The molecule has 0 aliphatic heterocycles. The van der Waals surface area contributed by atoms with Crippen molar-refractivity contribution in [1.82, 2.24) is 10.2 Å². The summed E-state index contributed by atoms with van der Waals surface area (Å²) < 4.78 is 0. The molecular formula is C17H30N2. The molecule has 0 bridgehead atoms. The SMILES string of the molecule is CCCNC(CCN(C)C)Cc1ccc(C)c(C)c1. The van der Waals surface area contributed by atoms with Gasteiger partial charge in [-0.25, -0.2) is 0 Å². The molecule has 1 unspecified atom stereocenters. The lowest BCUT2D eigenvalue weighted by atomic mass is 9.99. The highest BCUT2D eigenvalue weighted by molar-refractivity contribution is 5.30. The van der Waals surface area contributed by atoms with Gasteiger partial charge in [-0.15, -0.1) is 0 Å². The molecule has 108 valence electrons. The first-order valence-corrected chi connectivity index (χ1v) is 7.47. The van der Waals surface area contributed by atoms with Crippen LogP contribution in [-0.2, 0) is 6.42 Å².